The van der Waals surface area contributed by atoms with Crippen molar-refractivity contribution in [2.24, 2.45) is 0 Å². The van der Waals surface area contributed by atoms with Crippen molar-refractivity contribution >= 4 is 23.3 Å². The van der Waals surface area contributed by atoms with Gasteiger partial charge in [0.25, 0.3) is 5.91 Å². The molecule has 0 saturated carbocycles. The molecule has 1 aliphatic carbocycles. The normalized spacial score (nSPS) is 13.2. The number of carboxylic acids is 1. The Hall–Kier alpha value is -3.09. The highest BCUT2D eigenvalue weighted by Gasteiger charge is 2.27. The van der Waals surface area contributed by atoms with Gasteiger partial charge in [0.15, 0.2) is 12.4 Å². The summed E-state index contributed by atoms with van der Waals surface area (Å²) < 4.78 is 5.09. The molecular formula is C19H20N2O5. The Bertz CT molecular complexity index is 867. The topological polar surface area (TPSA) is 99.7 Å². The molecule has 2 aromatic rings. The number of rotatable bonds is 5. The third kappa shape index (κ3) is 3.33. The monoisotopic (exact) mass is 356 g/mol. The Morgan fingerprint density at radius 3 is 2.54 bits per heavy atom. The highest BCUT2D eigenvalue weighted by Crippen LogP contribution is 2.28. The molecule has 1 heterocycles. The third-order valence-corrected chi connectivity index (χ3v) is 4.54. The zero-order valence-electron chi connectivity index (χ0n) is 14.7. The molecule has 0 radical (unpaired) electrons. The second kappa shape index (κ2) is 7.03. The van der Waals surface area contributed by atoms with Crippen LogP contribution in [-0.2, 0) is 11.2 Å². The highest BCUT2D eigenvalue weighted by molar-refractivity contribution is 6.09. The summed E-state index contributed by atoms with van der Waals surface area (Å²) in [5.74, 6) is -0.790. The second-order valence-electron chi connectivity index (χ2n) is 6.30. The number of carboxylic acid groups (broad SMARTS) is 1. The minimum atomic E-state index is -1.05. The number of H-pyrrole nitrogens is 1. The molecule has 0 bridgehead atoms. The number of aryl methyl sites for hydroxylation is 1. The Balaban J connectivity index is 1.80. The van der Waals surface area contributed by atoms with Crippen molar-refractivity contribution in [2.75, 3.05) is 18.6 Å². The van der Waals surface area contributed by atoms with Crippen molar-refractivity contribution in [3.05, 3.63) is 46.8 Å². The first-order valence-electron chi connectivity index (χ1n) is 8.36. The number of nitrogens with one attached hydrogen (secondary N) is 1. The first kappa shape index (κ1) is 17.7. The summed E-state index contributed by atoms with van der Waals surface area (Å²) in [4.78, 5) is 40.1. The summed E-state index contributed by atoms with van der Waals surface area (Å²) >= 11 is 0. The molecule has 0 unspecified atom stereocenters. The Morgan fingerprint density at radius 2 is 1.92 bits per heavy atom. The van der Waals surface area contributed by atoms with Crippen LogP contribution < -0.4 is 9.64 Å². The van der Waals surface area contributed by atoms with E-state index in [0.717, 1.165) is 18.5 Å². The van der Waals surface area contributed by atoms with Crippen LogP contribution in [0.4, 0.5) is 5.69 Å². The van der Waals surface area contributed by atoms with Crippen LogP contribution in [0.15, 0.2) is 24.3 Å². The van der Waals surface area contributed by atoms with E-state index in [9.17, 15) is 14.4 Å². The zero-order chi connectivity index (χ0) is 18.8. The van der Waals surface area contributed by atoms with Gasteiger partial charge >= 0.3 is 5.97 Å². The number of hydrogen-bond donors (Lipinski definition) is 2. The Kier molecular flexibility index (Phi) is 4.79. The average molecular weight is 356 g/mol. The summed E-state index contributed by atoms with van der Waals surface area (Å²) in [5.41, 5.74) is 3.26. The maximum atomic E-state index is 12.9. The number of anilines is 1. The fourth-order valence-corrected chi connectivity index (χ4v) is 3.18. The van der Waals surface area contributed by atoms with Crippen LogP contribution in [0.2, 0.25) is 0 Å². The molecule has 1 amide bonds. The fraction of sp³-hybridized carbons (Fsp3) is 0.316. The summed E-state index contributed by atoms with van der Waals surface area (Å²) in [6.45, 7) is 1.37. The molecule has 26 heavy (non-hydrogen) atoms. The summed E-state index contributed by atoms with van der Waals surface area (Å²) in [7, 11) is 1.65. The van der Waals surface area contributed by atoms with E-state index in [2.05, 4.69) is 4.98 Å². The predicted octanol–water partition coefficient (Wildman–Crippen LogP) is 2.58. The van der Waals surface area contributed by atoms with Crippen LogP contribution in [0.5, 0.6) is 5.75 Å². The fourth-order valence-electron chi connectivity index (χ4n) is 3.18. The van der Waals surface area contributed by atoms with Gasteiger partial charge in [0.2, 0.25) is 0 Å². The number of ketones is 1. The molecule has 1 aromatic carbocycles. The lowest BCUT2D eigenvalue weighted by Gasteiger charge is -2.17. The molecule has 0 fully saturated rings. The molecule has 0 saturated heterocycles. The Labute approximate surface area is 150 Å². The van der Waals surface area contributed by atoms with Gasteiger partial charge in [-0.15, -0.1) is 0 Å². The number of benzene rings is 1. The van der Waals surface area contributed by atoms with Crippen molar-refractivity contribution in [1.82, 2.24) is 4.98 Å². The lowest BCUT2D eigenvalue weighted by molar-refractivity contribution is -0.139. The first-order chi connectivity index (χ1) is 12.4. The van der Waals surface area contributed by atoms with Crippen LogP contribution in [0, 0.1) is 6.92 Å². The molecular weight excluding hydrogens is 336 g/mol. The molecule has 1 aromatic heterocycles. The van der Waals surface area contributed by atoms with E-state index in [1.54, 1.807) is 38.2 Å². The summed E-state index contributed by atoms with van der Waals surface area (Å²) in [5, 5.41) is 8.63. The SMILES string of the molecule is Cc1c(C(=O)N(C)c2ccc(OCC(=O)O)cc2)[nH]c2c1C(=O)CCC2. The van der Waals surface area contributed by atoms with E-state index in [0.29, 0.717) is 34.7 Å². The summed E-state index contributed by atoms with van der Waals surface area (Å²) in [6, 6.07) is 6.58. The number of aromatic nitrogens is 1. The van der Waals surface area contributed by atoms with Gasteiger partial charge in [-0.1, -0.05) is 0 Å². The number of aromatic amines is 1. The zero-order valence-corrected chi connectivity index (χ0v) is 14.7. The minimum Gasteiger partial charge on any atom is -0.482 e. The van der Waals surface area contributed by atoms with Crippen LogP contribution in [0.3, 0.4) is 0 Å². The summed E-state index contributed by atoms with van der Waals surface area (Å²) in [6.07, 6.45) is 2.09. The van der Waals surface area contributed by atoms with Gasteiger partial charge in [0.1, 0.15) is 11.4 Å². The van der Waals surface area contributed by atoms with E-state index in [-0.39, 0.29) is 11.7 Å². The van der Waals surface area contributed by atoms with Crippen molar-refractivity contribution in [1.29, 1.82) is 0 Å². The number of aliphatic carboxylic acids is 1. The number of fused-ring (bicyclic) bond motifs is 1. The van der Waals surface area contributed by atoms with Crippen LogP contribution in [0.1, 0.15) is 44.9 Å². The standard InChI is InChI=1S/C19H20N2O5/c1-11-17-14(4-3-5-15(17)22)20-18(11)19(25)21(2)12-6-8-13(9-7-12)26-10-16(23)24/h6-9,20H,3-5,10H2,1-2H3,(H,23,24). The van der Waals surface area contributed by atoms with Gasteiger partial charge in [-0.25, -0.2) is 4.79 Å². The largest absolute Gasteiger partial charge is 0.482 e. The quantitative estimate of drug-likeness (QED) is 0.858. The van der Waals surface area contributed by atoms with Gasteiger partial charge in [-0.3, -0.25) is 9.59 Å². The highest BCUT2D eigenvalue weighted by atomic mass is 16.5. The van der Waals surface area contributed by atoms with Crippen LogP contribution >= 0.6 is 0 Å². The maximum absolute atomic E-state index is 12.9. The smallest absolute Gasteiger partial charge is 0.341 e. The average Bonchev–Trinajstić information content (AvgIpc) is 2.97. The van der Waals surface area contributed by atoms with E-state index in [1.165, 1.54) is 4.90 Å². The molecule has 1 aliphatic rings. The van der Waals surface area contributed by atoms with Gasteiger partial charge in [-0.2, -0.15) is 0 Å². The minimum absolute atomic E-state index is 0.0848. The number of amides is 1. The number of hydrogen-bond acceptors (Lipinski definition) is 4. The van der Waals surface area contributed by atoms with E-state index >= 15 is 0 Å². The molecule has 0 aliphatic heterocycles. The number of ether oxygens (including phenoxy) is 1. The van der Waals surface area contributed by atoms with Crippen molar-refractivity contribution in [2.45, 2.75) is 26.2 Å². The lowest BCUT2D eigenvalue weighted by Crippen LogP contribution is -2.27. The van der Waals surface area contributed by atoms with E-state index < -0.39 is 12.6 Å². The molecule has 0 atom stereocenters. The van der Waals surface area contributed by atoms with Crippen LogP contribution in [0.25, 0.3) is 0 Å². The van der Waals surface area contributed by atoms with Gasteiger partial charge in [0, 0.05) is 30.4 Å². The Morgan fingerprint density at radius 1 is 1.23 bits per heavy atom. The molecule has 3 rings (SSSR count). The van der Waals surface area contributed by atoms with Crippen molar-refractivity contribution < 1.29 is 24.2 Å². The first-order valence-corrected chi connectivity index (χ1v) is 8.36. The second-order valence-corrected chi connectivity index (χ2v) is 6.30. The molecule has 136 valence electrons. The van der Waals surface area contributed by atoms with Gasteiger partial charge in [-0.05, 0) is 49.6 Å². The molecule has 7 nitrogen and oxygen atoms in total. The lowest BCUT2D eigenvalue weighted by atomic mass is 9.94. The third-order valence-electron chi connectivity index (χ3n) is 4.54. The molecule has 7 heteroatoms. The molecule has 2 N–H and O–H groups in total. The van der Waals surface area contributed by atoms with E-state index in [4.69, 9.17) is 9.84 Å². The predicted molar refractivity (Wildman–Crippen MR) is 95.1 cm³/mol. The number of nitrogens with zero attached hydrogens (tertiary/aromatic N) is 1. The van der Waals surface area contributed by atoms with Gasteiger partial charge in [0.05, 0.1) is 0 Å². The van der Waals surface area contributed by atoms with Gasteiger partial charge < -0.3 is 19.7 Å². The number of carbonyl (C=O) groups excluding carboxylic acids is 2. The van der Waals surface area contributed by atoms with E-state index in [1.807, 2.05) is 0 Å². The molecule has 0 spiro atoms. The van der Waals surface area contributed by atoms with Crippen molar-refractivity contribution in [3.63, 3.8) is 0 Å². The van der Waals surface area contributed by atoms with Crippen molar-refractivity contribution in [3.8, 4) is 5.75 Å². The number of carbonyl (C=O) groups is 3. The van der Waals surface area contributed by atoms with Crippen LogP contribution in [-0.4, -0.2) is 41.4 Å². The number of Topliss-reactive ketones (excluding diaryl/α,β-unsaturated/α-hetero) is 1. The maximum Gasteiger partial charge on any atom is 0.341 e.